The lowest BCUT2D eigenvalue weighted by Gasteiger charge is -2.11. The molecule has 0 radical (unpaired) electrons. The lowest BCUT2D eigenvalue weighted by atomic mass is 10.1. The Kier molecular flexibility index (Phi) is 4.88. The van der Waals surface area contributed by atoms with Gasteiger partial charge in [0.15, 0.2) is 0 Å². The highest BCUT2D eigenvalue weighted by atomic mass is 16.2. The van der Waals surface area contributed by atoms with Gasteiger partial charge in [0.1, 0.15) is 5.69 Å². The summed E-state index contributed by atoms with van der Waals surface area (Å²) in [5, 5.41) is 2.82. The van der Waals surface area contributed by atoms with Crippen molar-refractivity contribution in [3.8, 4) is 0 Å². The molecule has 0 aliphatic carbocycles. The van der Waals surface area contributed by atoms with Crippen LogP contribution in [0.4, 0.5) is 0 Å². The van der Waals surface area contributed by atoms with Crippen molar-refractivity contribution in [2.45, 2.75) is 13.5 Å². The summed E-state index contributed by atoms with van der Waals surface area (Å²) in [7, 11) is 3.43. The molecule has 2 rings (SSSR count). The number of aromatic nitrogens is 1. The number of aryl methyl sites for hydroxylation is 1. The van der Waals surface area contributed by atoms with E-state index in [1.165, 1.54) is 4.90 Å². The summed E-state index contributed by atoms with van der Waals surface area (Å²) < 4.78 is 0. The topological polar surface area (TPSA) is 62.3 Å². The van der Waals surface area contributed by atoms with Crippen LogP contribution in [0.15, 0.2) is 42.5 Å². The third-order valence-electron chi connectivity index (χ3n) is 3.18. The van der Waals surface area contributed by atoms with Crippen LogP contribution >= 0.6 is 0 Å². The first kappa shape index (κ1) is 15.7. The predicted molar refractivity (Wildman–Crippen MR) is 84.6 cm³/mol. The van der Waals surface area contributed by atoms with Crippen molar-refractivity contribution in [1.29, 1.82) is 0 Å². The minimum atomic E-state index is -0.211. The zero-order valence-electron chi connectivity index (χ0n) is 13.0. The fraction of sp³-hybridized carbons (Fsp3) is 0.235. The fourth-order valence-corrected chi connectivity index (χ4v) is 1.97. The van der Waals surface area contributed by atoms with Crippen molar-refractivity contribution < 1.29 is 9.59 Å². The maximum absolute atomic E-state index is 12.0. The molecule has 2 amide bonds. The molecule has 0 atom stereocenters. The second-order valence-electron chi connectivity index (χ2n) is 5.24. The lowest BCUT2D eigenvalue weighted by molar-refractivity contribution is 0.0827. The number of amides is 2. The number of carbonyl (C=O) groups excluding carboxylic acids is 2. The predicted octanol–water partition coefficient (Wildman–Crippen LogP) is 2.02. The second kappa shape index (κ2) is 6.85. The van der Waals surface area contributed by atoms with Crippen molar-refractivity contribution in [2.75, 3.05) is 14.1 Å². The van der Waals surface area contributed by atoms with Gasteiger partial charge in [-0.05, 0) is 36.8 Å². The van der Waals surface area contributed by atoms with E-state index < -0.39 is 0 Å². The molecular weight excluding hydrogens is 278 g/mol. The molecule has 22 heavy (non-hydrogen) atoms. The molecule has 0 aliphatic rings. The first-order chi connectivity index (χ1) is 10.5. The van der Waals surface area contributed by atoms with Gasteiger partial charge in [0.2, 0.25) is 0 Å². The molecule has 0 saturated carbocycles. The molecule has 1 heterocycles. The maximum Gasteiger partial charge on any atom is 0.270 e. The van der Waals surface area contributed by atoms with Gasteiger partial charge in [0.05, 0.1) is 0 Å². The smallest absolute Gasteiger partial charge is 0.270 e. The van der Waals surface area contributed by atoms with Gasteiger partial charge in [-0.15, -0.1) is 0 Å². The molecule has 5 nitrogen and oxygen atoms in total. The minimum absolute atomic E-state index is 0.0421. The van der Waals surface area contributed by atoms with Crippen LogP contribution in [0, 0.1) is 6.92 Å². The molecule has 1 aromatic carbocycles. The van der Waals surface area contributed by atoms with Crippen LogP contribution in [0.1, 0.15) is 32.1 Å². The number of nitrogens with one attached hydrogen (secondary N) is 1. The summed E-state index contributed by atoms with van der Waals surface area (Å²) in [6.07, 6.45) is 0. The van der Waals surface area contributed by atoms with Gasteiger partial charge in [-0.2, -0.15) is 0 Å². The quantitative estimate of drug-likeness (QED) is 0.939. The number of benzene rings is 1. The molecule has 2 aromatic rings. The van der Waals surface area contributed by atoms with E-state index in [1.54, 1.807) is 38.4 Å². The molecule has 0 unspecified atom stereocenters. The van der Waals surface area contributed by atoms with E-state index in [0.29, 0.717) is 17.8 Å². The number of carbonyl (C=O) groups is 2. The first-order valence-electron chi connectivity index (χ1n) is 7.00. The normalized spacial score (nSPS) is 10.1. The highest BCUT2D eigenvalue weighted by Gasteiger charge is 2.09. The number of nitrogens with zero attached hydrogens (tertiary/aromatic N) is 2. The Balaban J connectivity index is 1.97. The SMILES string of the molecule is Cc1cccc(C(=O)NCc2ccc(C(=O)N(C)C)cc2)n1. The highest BCUT2D eigenvalue weighted by molar-refractivity contribution is 5.94. The molecule has 1 aromatic heterocycles. The van der Waals surface area contributed by atoms with Crippen molar-refractivity contribution in [1.82, 2.24) is 15.2 Å². The van der Waals surface area contributed by atoms with E-state index in [-0.39, 0.29) is 11.8 Å². The molecule has 0 saturated heterocycles. The van der Waals surface area contributed by atoms with Crippen molar-refractivity contribution >= 4 is 11.8 Å². The molecule has 114 valence electrons. The first-order valence-corrected chi connectivity index (χ1v) is 7.00. The van der Waals surface area contributed by atoms with Gasteiger partial charge < -0.3 is 10.2 Å². The Morgan fingerprint density at radius 2 is 1.77 bits per heavy atom. The van der Waals surface area contributed by atoms with Crippen molar-refractivity contribution in [3.63, 3.8) is 0 Å². The highest BCUT2D eigenvalue weighted by Crippen LogP contribution is 2.07. The standard InChI is InChI=1S/C17H19N3O2/c1-12-5-4-6-15(19-12)16(21)18-11-13-7-9-14(10-8-13)17(22)20(2)3/h4-10H,11H2,1-3H3,(H,18,21). The van der Waals surface area contributed by atoms with Crippen molar-refractivity contribution in [3.05, 3.63) is 65.0 Å². The van der Waals surface area contributed by atoms with Gasteiger partial charge in [0.25, 0.3) is 11.8 Å². The summed E-state index contributed by atoms with van der Waals surface area (Å²) in [6.45, 7) is 2.24. The van der Waals surface area contributed by atoms with E-state index in [1.807, 2.05) is 25.1 Å². The Hall–Kier alpha value is -2.69. The van der Waals surface area contributed by atoms with Gasteiger partial charge in [-0.25, -0.2) is 4.98 Å². The molecule has 0 bridgehead atoms. The Morgan fingerprint density at radius 3 is 2.36 bits per heavy atom. The van der Waals surface area contributed by atoms with Gasteiger partial charge in [-0.3, -0.25) is 9.59 Å². The molecule has 1 N–H and O–H groups in total. The number of pyridine rings is 1. The summed E-state index contributed by atoms with van der Waals surface area (Å²) in [5.74, 6) is -0.253. The summed E-state index contributed by atoms with van der Waals surface area (Å²) in [6, 6.07) is 12.5. The monoisotopic (exact) mass is 297 g/mol. The van der Waals surface area contributed by atoms with Gasteiger partial charge in [0, 0.05) is 31.9 Å². The summed E-state index contributed by atoms with van der Waals surface area (Å²) in [5.41, 5.74) is 2.76. The van der Waals surface area contributed by atoms with Crippen LogP contribution in [0.2, 0.25) is 0 Å². The van der Waals surface area contributed by atoms with Crippen LogP contribution in [0.5, 0.6) is 0 Å². The van der Waals surface area contributed by atoms with Crippen LogP contribution in [0.25, 0.3) is 0 Å². The largest absolute Gasteiger partial charge is 0.347 e. The van der Waals surface area contributed by atoms with E-state index >= 15 is 0 Å². The molecule has 0 spiro atoms. The lowest BCUT2D eigenvalue weighted by Crippen LogP contribution is -2.24. The Bertz CT molecular complexity index is 679. The Morgan fingerprint density at radius 1 is 1.09 bits per heavy atom. The molecule has 0 fully saturated rings. The average molecular weight is 297 g/mol. The average Bonchev–Trinajstić information content (AvgIpc) is 2.52. The molecule has 5 heteroatoms. The van der Waals surface area contributed by atoms with Crippen LogP contribution < -0.4 is 5.32 Å². The van der Waals surface area contributed by atoms with Crippen LogP contribution in [-0.2, 0) is 6.54 Å². The molecule has 0 aliphatic heterocycles. The van der Waals surface area contributed by atoms with Crippen LogP contribution in [0.3, 0.4) is 0 Å². The van der Waals surface area contributed by atoms with E-state index in [2.05, 4.69) is 10.3 Å². The summed E-state index contributed by atoms with van der Waals surface area (Å²) >= 11 is 0. The summed E-state index contributed by atoms with van der Waals surface area (Å²) in [4.78, 5) is 29.5. The third-order valence-corrected chi connectivity index (χ3v) is 3.18. The Labute approximate surface area is 130 Å². The van der Waals surface area contributed by atoms with Crippen LogP contribution in [-0.4, -0.2) is 35.8 Å². The maximum atomic E-state index is 12.0. The number of hydrogen-bond donors (Lipinski definition) is 1. The van der Waals surface area contributed by atoms with E-state index in [9.17, 15) is 9.59 Å². The second-order valence-corrected chi connectivity index (χ2v) is 5.24. The van der Waals surface area contributed by atoms with Crippen molar-refractivity contribution in [2.24, 2.45) is 0 Å². The molecular formula is C17H19N3O2. The van der Waals surface area contributed by atoms with Gasteiger partial charge in [-0.1, -0.05) is 18.2 Å². The zero-order chi connectivity index (χ0) is 16.1. The number of rotatable bonds is 4. The van der Waals surface area contributed by atoms with E-state index in [4.69, 9.17) is 0 Å². The minimum Gasteiger partial charge on any atom is -0.347 e. The zero-order valence-corrected chi connectivity index (χ0v) is 13.0. The van der Waals surface area contributed by atoms with Gasteiger partial charge >= 0.3 is 0 Å². The number of hydrogen-bond acceptors (Lipinski definition) is 3. The fourth-order valence-electron chi connectivity index (χ4n) is 1.97. The third kappa shape index (κ3) is 3.91. The van der Waals surface area contributed by atoms with E-state index in [0.717, 1.165) is 11.3 Å².